The maximum absolute atomic E-state index is 13.2. The molecule has 0 amide bonds. The minimum Gasteiger partial charge on any atom is -0.459 e. The van der Waals surface area contributed by atoms with Crippen molar-refractivity contribution in [1.29, 1.82) is 0 Å². The third kappa shape index (κ3) is 5.59. The number of fused-ring (bicyclic) bond motifs is 5. The number of ether oxygens (including phenoxy) is 1. The van der Waals surface area contributed by atoms with Gasteiger partial charge in [-0.15, -0.1) is 0 Å². The predicted molar refractivity (Wildman–Crippen MR) is 169 cm³/mol. The van der Waals surface area contributed by atoms with Crippen molar-refractivity contribution in [3.05, 3.63) is 91.5 Å². The van der Waals surface area contributed by atoms with E-state index in [1.807, 2.05) is 0 Å². The van der Waals surface area contributed by atoms with Crippen molar-refractivity contribution in [2.24, 2.45) is 40.4 Å². The minimum absolute atomic E-state index is 0.00375. The molecule has 0 aromatic heterocycles. The molecule has 0 radical (unpaired) electrons. The fourth-order valence-electron chi connectivity index (χ4n) is 9.82. The van der Waals surface area contributed by atoms with Crippen LogP contribution in [0, 0.1) is 60.6 Å². The van der Waals surface area contributed by atoms with Gasteiger partial charge in [-0.25, -0.2) is 4.79 Å². The molecule has 4 aliphatic rings. The first-order chi connectivity index (χ1) is 21.4. The number of hydrogen-bond acceptors (Lipinski definition) is 7. The molecule has 4 aliphatic carbocycles. The summed E-state index contributed by atoms with van der Waals surface area (Å²) in [6, 6.07) is 11.6. The molecule has 45 heavy (non-hydrogen) atoms. The van der Waals surface area contributed by atoms with Crippen LogP contribution in [0.15, 0.2) is 60.2 Å². The zero-order chi connectivity index (χ0) is 32.1. The Balaban J connectivity index is 1.10. The predicted octanol–water partition coefficient (Wildman–Crippen LogP) is 8.52. The number of allylic oxidation sites excluding steroid dienone is 2. The smallest absolute Gasteiger partial charge is 0.338 e. The van der Waals surface area contributed by atoms with Crippen molar-refractivity contribution < 1.29 is 24.2 Å². The van der Waals surface area contributed by atoms with Gasteiger partial charge in [0.2, 0.25) is 0 Å². The van der Waals surface area contributed by atoms with Gasteiger partial charge in [0.05, 0.1) is 15.4 Å². The number of esters is 1. The van der Waals surface area contributed by atoms with E-state index in [1.54, 1.807) is 17.7 Å². The fraction of sp³-hybridized carbons (Fsp3) is 0.556. The first kappa shape index (κ1) is 31.1. The third-order valence-corrected chi connectivity index (χ3v) is 12.3. The monoisotopic (exact) mass is 614 g/mol. The van der Waals surface area contributed by atoms with Gasteiger partial charge in [-0.3, -0.25) is 25.0 Å². The number of carbonyl (C=O) groups excluding carboxylic acids is 2. The third-order valence-electron chi connectivity index (χ3n) is 12.3. The van der Waals surface area contributed by atoms with Crippen LogP contribution >= 0.6 is 0 Å². The second kappa shape index (κ2) is 11.8. The van der Waals surface area contributed by atoms with Crippen molar-refractivity contribution in [3.8, 4) is 0 Å². The summed E-state index contributed by atoms with van der Waals surface area (Å²) in [5.41, 5.74) is 2.77. The van der Waals surface area contributed by atoms with Gasteiger partial charge in [0.25, 0.3) is 11.4 Å². The lowest BCUT2D eigenvalue weighted by Crippen LogP contribution is -2.50. The van der Waals surface area contributed by atoms with Gasteiger partial charge in [-0.2, -0.15) is 0 Å². The molecule has 2 aromatic carbocycles. The van der Waals surface area contributed by atoms with Gasteiger partial charge in [0, 0.05) is 36.2 Å². The Kier molecular flexibility index (Phi) is 8.16. The highest BCUT2D eigenvalue weighted by molar-refractivity contribution is 5.96. The van der Waals surface area contributed by atoms with Crippen LogP contribution in [0.3, 0.4) is 0 Å². The Morgan fingerprint density at radius 2 is 1.42 bits per heavy atom. The van der Waals surface area contributed by atoms with Crippen LogP contribution in [0.4, 0.5) is 11.4 Å². The molecular weight excluding hydrogens is 572 g/mol. The Bertz CT molecular complexity index is 1530. The van der Waals surface area contributed by atoms with Gasteiger partial charge in [-0.1, -0.05) is 32.4 Å². The highest BCUT2D eigenvalue weighted by atomic mass is 16.6. The van der Waals surface area contributed by atoms with Crippen LogP contribution in [0.5, 0.6) is 0 Å². The van der Waals surface area contributed by atoms with Crippen LogP contribution < -0.4 is 0 Å². The van der Waals surface area contributed by atoms with Crippen molar-refractivity contribution >= 4 is 23.1 Å². The quantitative estimate of drug-likeness (QED) is 0.0958. The summed E-state index contributed by atoms with van der Waals surface area (Å²) in [6.07, 6.45) is 11.0. The molecule has 2 aromatic rings. The number of ketones is 1. The topological polar surface area (TPSA) is 130 Å². The Morgan fingerprint density at radius 3 is 2.04 bits per heavy atom. The van der Waals surface area contributed by atoms with E-state index in [9.17, 15) is 29.8 Å². The SMILES string of the molecule is C[C@@H](CC(=O)c1ccc([N+](=O)[O-])cc1)[C@H]1CC[C@H]2C3=CCC4C[C@H](OC(=O)c5ccc([N+](=O)[O-])cc5)CC[C@]4(C)[C@H]3CC[C@]12C. The average molecular weight is 615 g/mol. The van der Waals surface area contributed by atoms with Crippen molar-refractivity contribution in [2.75, 3.05) is 0 Å². The zero-order valence-corrected chi connectivity index (χ0v) is 26.3. The average Bonchev–Trinajstić information content (AvgIpc) is 3.38. The fourth-order valence-corrected chi connectivity index (χ4v) is 9.82. The summed E-state index contributed by atoms with van der Waals surface area (Å²) < 4.78 is 5.93. The van der Waals surface area contributed by atoms with Crippen LogP contribution in [-0.2, 0) is 4.74 Å². The van der Waals surface area contributed by atoms with Crippen LogP contribution in [0.1, 0.15) is 99.3 Å². The normalized spacial score (nSPS) is 32.7. The number of nitrogens with zero attached hydrogens (tertiary/aromatic N) is 2. The molecule has 0 N–H and O–H groups in total. The van der Waals surface area contributed by atoms with Crippen molar-refractivity contribution in [3.63, 3.8) is 0 Å². The molecule has 0 bridgehead atoms. The van der Waals surface area contributed by atoms with Crippen molar-refractivity contribution in [2.45, 2.75) is 84.7 Å². The number of non-ortho nitro benzene ring substituents is 2. The van der Waals surface area contributed by atoms with E-state index in [-0.39, 0.29) is 40.0 Å². The Labute approximate surface area is 263 Å². The van der Waals surface area contributed by atoms with Gasteiger partial charge in [0.15, 0.2) is 5.78 Å². The molecule has 3 saturated carbocycles. The van der Waals surface area contributed by atoms with E-state index in [0.29, 0.717) is 41.2 Å². The highest BCUT2D eigenvalue weighted by Crippen LogP contribution is 2.67. The lowest BCUT2D eigenvalue weighted by atomic mass is 9.47. The summed E-state index contributed by atoms with van der Waals surface area (Å²) in [4.78, 5) is 47.0. The van der Waals surface area contributed by atoms with E-state index >= 15 is 0 Å². The number of Topliss-reactive ketones (excluding diaryl/α,β-unsaturated/α-hetero) is 1. The molecule has 1 unspecified atom stereocenters. The minimum atomic E-state index is -0.479. The lowest BCUT2D eigenvalue weighted by molar-refractivity contribution is -0.385. The number of benzene rings is 2. The summed E-state index contributed by atoms with van der Waals surface area (Å²) in [5.74, 6) is 1.80. The van der Waals surface area contributed by atoms with E-state index in [2.05, 4.69) is 26.8 Å². The summed E-state index contributed by atoms with van der Waals surface area (Å²) in [7, 11) is 0. The zero-order valence-electron chi connectivity index (χ0n) is 26.3. The molecule has 0 aliphatic heterocycles. The van der Waals surface area contributed by atoms with E-state index in [0.717, 1.165) is 51.4 Å². The number of carbonyl (C=O) groups is 2. The molecule has 9 nitrogen and oxygen atoms in total. The lowest BCUT2D eigenvalue weighted by Gasteiger charge is -2.58. The first-order valence-corrected chi connectivity index (χ1v) is 16.3. The van der Waals surface area contributed by atoms with Crippen molar-refractivity contribution in [1.82, 2.24) is 0 Å². The number of rotatable bonds is 8. The molecule has 238 valence electrons. The number of hydrogen-bond donors (Lipinski definition) is 0. The standard InChI is InChI=1S/C36H42N2O7/c1-22(20-33(39)23-4-9-26(10-5-23)37(41)42)30-14-15-31-29-13-8-25-21-28(16-18-35(25,2)32(29)17-19-36(30,31)3)45-34(40)24-6-11-27(12-7-24)38(43)44/h4-7,9-13,22,25,28,30-32H,8,14-21H2,1-3H3/t22-,25?,28+,30+,31-,32-,35-,36+/m0/s1. The van der Waals surface area contributed by atoms with Crippen LogP contribution in [-0.4, -0.2) is 27.7 Å². The van der Waals surface area contributed by atoms with E-state index in [4.69, 9.17) is 4.74 Å². The Hall–Kier alpha value is -3.88. The molecule has 8 atom stereocenters. The summed E-state index contributed by atoms with van der Waals surface area (Å²) >= 11 is 0. The first-order valence-electron chi connectivity index (χ1n) is 16.3. The highest BCUT2D eigenvalue weighted by Gasteiger charge is 2.58. The van der Waals surface area contributed by atoms with E-state index < -0.39 is 15.8 Å². The molecule has 0 saturated heterocycles. The molecule has 0 spiro atoms. The van der Waals surface area contributed by atoms with Gasteiger partial charge in [-0.05, 0) is 116 Å². The van der Waals surface area contributed by atoms with Crippen LogP contribution in [0.2, 0.25) is 0 Å². The summed E-state index contributed by atoms with van der Waals surface area (Å²) in [6.45, 7) is 7.10. The maximum atomic E-state index is 13.2. The second-order valence-electron chi connectivity index (χ2n) is 14.5. The molecule has 3 fully saturated rings. The van der Waals surface area contributed by atoms with E-state index in [1.165, 1.54) is 36.4 Å². The second-order valence-corrected chi connectivity index (χ2v) is 14.5. The molecule has 6 rings (SSSR count). The Morgan fingerprint density at radius 1 is 0.844 bits per heavy atom. The largest absolute Gasteiger partial charge is 0.459 e. The molecule has 9 heteroatoms. The molecular formula is C36H42N2O7. The number of nitro benzene ring substituents is 2. The maximum Gasteiger partial charge on any atom is 0.338 e. The van der Waals surface area contributed by atoms with Gasteiger partial charge in [0.1, 0.15) is 6.10 Å². The van der Waals surface area contributed by atoms with Gasteiger partial charge >= 0.3 is 5.97 Å². The van der Waals surface area contributed by atoms with Crippen LogP contribution in [0.25, 0.3) is 0 Å². The molecule has 0 heterocycles. The van der Waals surface area contributed by atoms with Gasteiger partial charge < -0.3 is 4.74 Å². The summed E-state index contributed by atoms with van der Waals surface area (Å²) in [5, 5.41) is 22.0. The number of nitro groups is 2.